The molecule has 1 heterocycles. The van der Waals surface area contributed by atoms with Crippen LogP contribution in [0, 0.1) is 6.92 Å². The number of likely N-dealkylation sites (N-methyl/N-ethyl adjacent to an activating group) is 1. The SMILES string of the molecule is CCNC(=O)[C@@H](CC)N(Cc1ccccc1C)C(=O)CN1C(=O)c2cccc3cccc1c23. The van der Waals surface area contributed by atoms with Gasteiger partial charge >= 0.3 is 0 Å². The lowest BCUT2D eigenvalue weighted by molar-refractivity contribution is -0.140. The maximum atomic E-state index is 13.7. The molecule has 3 amide bonds. The molecule has 4 rings (SSSR count). The van der Waals surface area contributed by atoms with Crippen molar-refractivity contribution in [3.63, 3.8) is 0 Å². The molecule has 1 atom stereocenters. The number of rotatable bonds is 8. The Morgan fingerprint density at radius 1 is 1.00 bits per heavy atom. The number of carbonyl (C=O) groups excluding carboxylic acids is 3. The number of aryl methyl sites for hydroxylation is 1. The molecule has 0 saturated carbocycles. The second-order valence-corrected chi connectivity index (χ2v) is 8.34. The fraction of sp³-hybridized carbons (Fsp3) is 0.296. The van der Waals surface area contributed by atoms with Gasteiger partial charge in [0.2, 0.25) is 11.8 Å². The first-order chi connectivity index (χ1) is 16.0. The number of hydrogen-bond acceptors (Lipinski definition) is 3. The van der Waals surface area contributed by atoms with Crippen molar-refractivity contribution < 1.29 is 14.4 Å². The molecule has 1 N–H and O–H groups in total. The first kappa shape index (κ1) is 22.5. The Morgan fingerprint density at radius 2 is 1.73 bits per heavy atom. The molecule has 1 aliphatic heterocycles. The fourth-order valence-corrected chi connectivity index (χ4v) is 4.54. The van der Waals surface area contributed by atoms with Crippen LogP contribution in [-0.2, 0) is 16.1 Å². The average molecular weight is 444 g/mol. The number of carbonyl (C=O) groups is 3. The Hall–Kier alpha value is -3.67. The minimum absolute atomic E-state index is 0.117. The number of nitrogens with one attached hydrogen (secondary N) is 1. The zero-order chi connectivity index (χ0) is 23.5. The molecule has 0 saturated heterocycles. The van der Waals surface area contributed by atoms with Gasteiger partial charge < -0.3 is 10.2 Å². The Bertz CT molecular complexity index is 1210. The van der Waals surface area contributed by atoms with Gasteiger partial charge in [0, 0.05) is 24.0 Å². The minimum Gasteiger partial charge on any atom is -0.355 e. The Labute approximate surface area is 194 Å². The van der Waals surface area contributed by atoms with Gasteiger partial charge in [-0.15, -0.1) is 0 Å². The van der Waals surface area contributed by atoms with Gasteiger partial charge in [0.15, 0.2) is 0 Å². The van der Waals surface area contributed by atoms with Crippen LogP contribution in [0.5, 0.6) is 0 Å². The highest BCUT2D eigenvalue weighted by atomic mass is 16.2. The summed E-state index contributed by atoms with van der Waals surface area (Å²) in [5, 5.41) is 4.70. The van der Waals surface area contributed by atoms with E-state index in [4.69, 9.17) is 0 Å². The quantitative estimate of drug-likeness (QED) is 0.571. The summed E-state index contributed by atoms with van der Waals surface area (Å²) in [7, 11) is 0. The Morgan fingerprint density at radius 3 is 2.42 bits per heavy atom. The van der Waals surface area contributed by atoms with E-state index in [2.05, 4.69) is 5.32 Å². The van der Waals surface area contributed by atoms with Crippen molar-refractivity contribution in [3.8, 4) is 0 Å². The molecule has 0 unspecified atom stereocenters. The van der Waals surface area contributed by atoms with Crippen LogP contribution in [0.3, 0.4) is 0 Å². The summed E-state index contributed by atoms with van der Waals surface area (Å²) in [6.45, 7) is 6.43. The van der Waals surface area contributed by atoms with E-state index in [1.54, 1.807) is 11.0 Å². The summed E-state index contributed by atoms with van der Waals surface area (Å²) in [5.41, 5.74) is 3.38. The number of hydrogen-bond donors (Lipinski definition) is 1. The van der Waals surface area contributed by atoms with Crippen molar-refractivity contribution in [2.45, 2.75) is 39.8 Å². The van der Waals surface area contributed by atoms with E-state index < -0.39 is 6.04 Å². The topological polar surface area (TPSA) is 69.7 Å². The normalized spacial score (nSPS) is 13.3. The largest absolute Gasteiger partial charge is 0.355 e. The molecule has 6 heteroatoms. The highest BCUT2D eigenvalue weighted by molar-refractivity contribution is 6.26. The van der Waals surface area contributed by atoms with Gasteiger partial charge in [-0.1, -0.05) is 55.5 Å². The van der Waals surface area contributed by atoms with Gasteiger partial charge in [-0.3, -0.25) is 19.3 Å². The molecule has 6 nitrogen and oxygen atoms in total. The third-order valence-electron chi connectivity index (χ3n) is 6.28. The summed E-state index contributed by atoms with van der Waals surface area (Å²) in [5.74, 6) is -0.619. The molecule has 1 aliphatic rings. The van der Waals surface area contributed by atoms with E-state index >= 15 is 0 Å². The second-order valence-electron chi connectivity index (χ2n) is 8.34. The molecule has 33 heavy (non-hydrogen) atoms. The van der Waals surface area contributed by atoms with E-state index in [0.29, 0.717) is 25.1 Å². The van der Waals surface area contributed by atoms with E-state index in [-0.39, 0.29) is 24.3 Å². The molecule has 0 bridgehead atoms. The van der Waals surface area contributed by atoms with Gasteiger partial charge in [-0.05, 0) is 48.9 Å². The van der Waals surface area contributed by atoms with Crippen molar-refractivity contribution in [2.75, 3.05) is 18.0 Å². The number of benzene rings is 3. The molecular formula is C27H29N3O3. The first-order valence-electron chi connectivity index (χ1n) is 11.4. The van der Waals surface area contributed by atoms with Crippen LogP contribution in [-0.4, -0.2) is 41.8 Å². The monoisotopic (exact) mass is 443 g/mol. The third kappa shape index (κ3) is 4.21. The van der Waals surface area contributed by atoms with Crippen LogP contribution in [0.1, 0.15) is 41.8 Å². The van der Waals surface area contributed by atoms with Crippen molar-refractivity contribution in [1.29, 1.82) is 0 Å². The zero-order valence-electron chi connectivity index (χ0n) is 19.3. The van der Waals surface area contributed by atoms with E-state index in [1.807, 2.05) is 75.4 Å². The molecule has 3 aromatic carbocycles. The fourth-order valence-electron chi connectivity index (χ4n) is 4.54. The first-order valence-corrected chi connectivity index (χ1v) is 11.4. The van der Waals surface area contributed by atoms with E-state index in [0.717, 1.165) is 27.6 Å². The number of anilines is 1. The molecule has 0 spiro atoms. The summed E-state index contributed by atoms with van der Waals surface area (Å²) in [6.07, 6.45) is 0.479. The lowest BCUT2D eigenvalue weighted by Crippen LogP contribution is -2.52. The molecule has 3 aromatic rings. The van der Waals surface area contributed by atoms with Crippen LogP contribution in [0.2, 0.25) is 0 Å². The van der Waals surface area contributed by atoms with Crippen molar-refractivity contribution >= 4 is 34.2 Å². The molecule has 0 aromatic heterocycles. The van der Waals surface area contributed by atoms with Gasteiger partial charge in [0.05, 0.1) is 5.69 Å². The smallest absolute Gasteiger partial charge is 0.259 e. The maximum Gasteiger partial charge on any atom is 0.259 e. The standard InChI is InChI=1S/C27H29N3O3/c1-4-22(26(32)28-5-2)29(16-20-11-7-6-10-18(20)3)24(31)17-30-23-15-9-13-19-12-8-14-21(25(19)23)27(30)33/h6-15,22H,4-5,16-17H2,1-3H3,(H,28,32)/t22-/m1/s1. The minimum atomic E-state index is -0.618. The van der Waals surface area contributed by atoms with Crippen molar-refractivity contribution in [2.24, 2.45) is 0 Å². The summed E-state index contributed by atoms with van der Waals surface area (Å²) >= 11 is 0. The van der Waals surface area contributed by atoms with Crippen LogP contribution < -0.4 is 10.2 Å². The van der Waals surface area contributed by atoms with Crippen LogP contribution in [0.15, 0.2) is 60.7 Å². The lowest BCUT2D eigenvalue weighted by Gasteiger charge is -2.32. The van der Waals surface area contributed by atoms with Crippen LogP contribution >= 0.6 is 0 Å². The molecule has 0 fully saturated rings. The second kappa shape index (κ2) is 9.45. The van der Waals surface area contributed by atoms with Crippen molar-refractivity contribution in [1.82, 2.24) is 10.2 Å². The Kier molecular flexibility index (Phi) is 6.45. The zero-order valence-corrected chi connectivity index (χ0v) is 19.3. The van der Waals surface area contributed by atoms with Crippen LogP contribution in [0.4, 0.5) is 5.69 Å². The maximum absolute atomic E-state index is 13.7. The van der Waals surface area contributed by atoms with Gasteiger partial charge in [-0.25, -0.2) is 0 Å². The molecule has 0 aliphatic carbocycles. The van der Waals surface area contributed by atoms with Crippen LogP contribution in [0.25, 0.3) is 10.8 Å². The molecular weight excluding hydrogens is 414 g/mol. The highest BCUT2D eigenvalue weighted by Crippen LogP contribution is 2.37. The van der Waals surface area contributed by atoms with Gasteiger partial charge in [0.25, 0.3) is 5.91 Å². The van der Waals surface area contributed by atoms with Gasteiger partial charge in [0.1, 0.15) is 12.6 Å². The Balaban J connectivity index is 1.67. The predicted molar refractivity (Wildman–Crippen MR) is 130 cm³/mol. The highest BCUT2D eigenvalue weighted by Gasteiger charge is 2.35. The summed E-state index contributed by atoms with van der Waals surface area (Å²) < 4.78 is 0. The average Bonchev–Trinajstić information content (AvgIpc) is 3.08. The third-order valence-corrected chi connectivity index (χ3v) is 6.28. The summed E-state index contributed by atoms with van der Waals surface area (Å²) in [6, 6.07) is 18.6. The predicted octanol–water partition coefficient (Wildman–Crippen LogP) is 4.05. The lowest BCUT2D eigenvalue weighted by atomic mass is 10.1. The number of nitrogens with zero attached hydrogens (tertiary/aromatic N) is 2. The van der Waals surface area contributed by atoms with E-state index in [1.165, 1.54) is 4.90 Å². The molecule has 0 radical (unpaired) electrons. The summed E-state index contributed by atoms with van der Waals surface area (Å²) in [4.78, 5) is 42.9. The van der Waals surface area contributed by atoms with Gasteiger partial charge in [-0.2, -0.15) is 0 Å². The van der Waals surface area contributed by atoms with E-state index in [9.17, 15) is 14.4 Å². The van der Waals surface area contributed by atoms with Crippen molar-refractivity contribution in [3.05, 3.63) is 77.4 Å². The number of amides is 3. The molecule has 170 valence electrons.